The molecule has 2 saturated carbocycles. The van der Waals surface area contributed by atoms with Gasteiger partial charge in [0.2, 0.25) is 5.91 Å². The van der Waals surface area contributed by atoms with Gasteiger partial charge in [-0.25, -0.2) is 8.78 Å². The lowest BCUT2D eigenvalue weighted by Gasteiger charge is -2.28. The normalized spacial score (nSPS) is 32.2. The number of hydrogen-bond donors (Lipinski definition) is 2. The van der Waals surface area contributed by atoms with Crippen LogP contribution in [0.2, 0.25) is 0 Å². The Hall–Kier alpha value is -1.49. The fraction of sp³-hybridized carbons (Fsp3) is 0.562. The van der Waals surface area contributed by atoms with Crippen molar-refractivity contribution in [3.05, 3.63) is 35.4 Å². The summed E-state index contributed by atoms with van der Waals surface area (Å²) in [6, 6.07) is 2.88. The Labute approximate surface area is 122 Å². The predicted molar refractivity (Wildman–Crippen MR) is 75.2 cm³/mol. The van der Waals surface area contributed by atoms with Gasteiger partial charge < -0.3 is 11.1 Å². The molecule has 0 saturated heterocycles. The number of carbonyl (C=O) groups is 1. The number of amides is 1. The molecule has 1 aromatic rings. The van der Waals surface area contributed by atoms with E-state index in [1.807, 2.05) is 0 Å². The third kappa shape index (κ3) is 2.44. The maximum absolute atomic E-state index is 13.7. The van der Waals surface area contributed by atoms with Crippen molar-refractivity contribution in [3.63, 3.8) is 0 Å². The largest absolute Gasteiger partial charge is 0.349 e. The zero-order chi connectivity index (χ0) is 15.1. The molecule has 0 radical (unpaired) electrons. The van der Waals surface area contributed by atoms with Crippen LogP contribution in [0.1, 0.15) is 37.8 Å². The van der Waals surface area contributed by atoms with E-state index in [2.05, 4.69) is 5.32 Å². The minimum Gasteiger partial charge on any atom is -0.349 e. The van der Waals surface area contributed by atoms with Gasteiger partial charge in [0.15, 0.2) is 0 Å². The third-order valence-corrected chi connectivity index (χ3v) is 5.07. The summed E-state index contributed by atoms with van der Waals surface area (Å²) in [5, 5.41) is 2.74. The van der Waals surface area contributed by atoms with Crippen molar-refractivity contribution in [1.29, 1.82) is 0 Å². The highest BCUT2D eigenvalue weighted by Gasteiger charge is 2.49. The van der Waals surface area contributed by atoms with Gasteiger partial charge in [-0.15, -0.1) is 0 Å². The molecule has 2 aliphatic carbocycles. The number of nitrogens with two attached hydrogens (primary N) is 1. The van der Waals surface area contributed by atoms with Crippen molar-refractivity contribution in [3.8, 4) is 0 Å². The van der Waals surface area contributed by atoms with Crippen LogP contribution in [0.5, 0.6) is 0 Å². The quantitative estimate of drug-likeness (QED) is 0.900. The number of hydrogen-bond acceptors (Lipinski definition) is 2. The van der Waals surface area contributed by atoms with E-state index in [-0.39, 0.29) is 23.4 Å². The summed E-state index contributed by atoms with van der Waals surface area (Å²) in [7, 11) is 0. The Balaban J connectivity index is 1.73. The molecule has 5 atom stereocenters. The molecule has 0 aliphatic heterocycles. The zero-order valence-corrected chi connectivity index (χ0v) is 12.0. The highest BCUT2D eigenvalue weighted by atomic mass is 19.1. The van der Waals surface area contributed by atoms with Gasteiger partial charge in [-0.1, -0.05) is 6.07 Å². The Bertz CT molecular complexity index is 541. The third-order valence-electron chi connectivity index (χ3n) is 5.07. The van der Waals surface area contributed by atoms with Crippen LogP contribution in [0.4, 0.5) is 8.78 Å². The van der Waals surface area contributed by atoms with Crippen LogP contribution in [-0.2, 0) is 4.79 Å². The fourth-order valence-electron chi connectivity index (χ4n) is 4.03. The molecular weight excluding hydrogens is 274 g/mol. The Kier molecular flexibility index (Phi) is 3.69. The lowest BCUT2D eigenvalue weighted by molar-refractivity contribution is -0.127. The molecule has 21 heavy (non-hydrogen) atoms. The Morgan fingerprint density at radius 1 is 1.29 bits per heavy atom. The number of nitrogens with one attached hydrogen (secondary N) is 1. The molecule has 1 aromatic carbocycles. The molecule has 5 unspecified atom stereocenters. The number of benzene rings is 1. The summed E-state index contributed by atoms with van der Waals surface area (Å²) < 4.78 is 27.5. The summed E-state index contributed by atoms with van der Waals surface area (Å²) in [6.45, 7) is 1.60. The molecule has 0 spiro atoms. The number of halogens is 2. The van der Waals surface area contributed by atoms with E-state index in [1.54, 1.807) is 6.92 Å². The number of rotatable bonds is 3. The van der Waals surface area contributed by atoms with E-state index >= 15 is 0 Å². The first-order chi connectivity index (χ1) is 9.99. The fourth-order valence-corrected chi connectivity index (χ4v) is 4.03. The van der Waals surface area contributed by atoms with Crippen LogP contribution in [0, 0.1) is 29.4 Å². The van der Waals surface area contributed by atoms with E-state index in [4.69, 9.17) is 5.73 Å². The second-order valence-corrected chi connectivity index (χ2v) is 6.30. The van der Waals surface area contributed by atoms with Crippen LogP contribution in [-0.4, -0.2) is 11.9 Å². The predicted octanol–water partition coefficient (Wildman–Crippen LogP) is 2.52. The number of fused-ring (bicyclic) bond motifs is 2. The van der Waals surface area contributed by atoms with Crippen molar-refractivity contribution in [2.45, 2.75) is 38.3 Å². The highest BCUT2D eigenvalue weighted by Crippen LogP contribution is 2.47. The SMILES string of the molecule is CC(NC(=O)C1C2CCC(C2)C1N)c1c(F)cccc1F. The maximum Gasteiger partial charge on any atom is 0.225 e. The van der Waals surface area contributed by atoms with Crippen LogP contribution >= 0.6 is 0 Å². The first-order valence-electron chi connectivity index (χ1n) is 7.49. The highest BCUT2D eigenvalue weighted by molar-refractivity contribution is 5.80. The molecule has 2 bridgehead atoms. The molecule has 3 nitrogen and oxygen atoms in total. The molecule has 5 heteroatoms. The van der Waals surface area contributed by atoms with Crippen LogP contribution < -0.4 is 11.1 Å². The standard InChI is InChI=1S/C16H20F2N2O/c1-8(13-11(17)3-2-4-12(13)18)20-16(21)14-9-5-6-10(7-9)15(14)19/h2-4,8-10,14-15H,5-7,19H2,1H3,(H,20,21). The van der Waals surface area contributed by atoms with Crippen molar-refractivity contribution < 1.29 is 13.6 Å². The van der Waals surface area contributed by atoms with Gasteiger partial charge in [-0.05, 0) is 50.2 Å². The molecule has 3 rings (SSSR count). The first-order valence-corrected chi connectivity index (χ1v) is 7.49. The average Bonchev–Trinajstić information content (AvgIpc) is 2.98. The number of carbonyl (C=O) groups excluding carboxylic acids is 1. The second kappa shape index (κ2) is 5.37. The Morgan fingerprint density at radius 3 is 2.48 bits per heavy atom. The van der Waals surface area contributed by atoms with Crippen LogP contribution in [0.15, 0.2) is 18.2 Å². The minimum absolute atomic E-state index is 0.0948. The summed E-state index contributed by atoms with van der Waals surface area (Å²) >= 11 is 0. The topological polar surface area (TPSA) is 55.1 Å². The molecule has 0 heterocycles. The van der Waals surface area contributed by atoms with Crippen LogP contribution in [0.3, 0.4) is 0 Å². The first kappa shape index (κ1) is 14.4. The lowest BCUT2D eigenvalue weighted by Crippen LogP contribution is -2.46. The van der Waals surface area contributed by atoms with E-state index in [1.165, 1.54) is 18.2 Å². The van der Waals surface area contributed by atoms with Crippen molar-refractivity contribution in [2.24, 2.45) is 23.5 Å². The second-order valence-electron chi connectivity index (χ2n) is 6.30. The molecule has 114 valence electrons. The summed E-state index contributed by atoms with van der Waals surface area (Å²) in [5.74, 6) is -0.931. The van der Waals surface area contributed by atoms with Gasteiger partial charge in [0.05, 0.1) is 12.0 Å². The summed E-state index contributed by atoms with van der Waals surface area (Å²) in [4.78, 5) is 12.4. The van der Waals surface area contributed by atoms with E-state index in [0.29, 0.717) is 11.8 Å². The maximum atomic E-state index is 13.7. The van der Waals surface area contributed by atoms with Crippen molar-refractivity contribution in [1.82, 2.24) is 5.32 Å². The molecular formula is C16H20F2N2O. The zero-order valence-electron chi connectivity index (χ0n) is 12.0. The van der Waals surface area contributed by atoms with E-state index in [9.17, 15) is 13.6 Å². The van der Waals surface area contributed by atoms with Crippen molar-refractivity contribution >= 4 is 5.91 Å². The van der Waals surface area contributed by atoms with Crippen LogP contribution in [0.25, 0.3) is 0 Å². The minimum atomic E-state index is -0.704. The molecule has 2 fully saturated rings. The van der Waals surface area contributed by atoms with Gasteiger partial charge in [0.1, 0.15) is 11.6 Å². The van der Waals surface area contributed by atoms with Crippen molar-refractivity contribution in [2.75, 3.05) is 0 Å². The smallest absolute Gasteiger partial charge is 0.225 e. The van der Waals surface area contributed by atoms with Gasteiger partial charge in [0.25, 0.3) is 0 Å². The van der Waals surface area contributed by atoms with E-state index < -0.39 is 17.7 Å². The summed E-state index contributed by atoms with van der Waals surface area (Å²) in [5.41, 5.74) is 6.04. The molecule has 2 aliphatic rings. The van der Waals surface area contributed by atoms with Gasteiger partial charge in [0, 0.05) is 11.6 Å². The van der Waals surface area contributed by atoms with Gasteiger partial charge in [-0.3, -0.25) is 4.79 Å². The molecule has 0 aromatic heterocycles. The Morgan fingerprint density at radius 2 is 1.90 bits per heavy atom. The van der Waals surface area contributed by atoms with E-state index in [0.717, 1.165) is 19.3 Å². The van der Waals surface area contributed by atoms with Gasteiger partial charge in [-0.2, -0.15) is 0 Å². The summed E-state index contributed by atoms with van der Waals surface area (Å²) in [6.07, 6.45) is 3.12. The lowest BCUT2D eigenvalue weighted by atomic mass is 9.84. The van der Waals surface area contributed by atoms with Gasteiger partial charge >= 0.3 is 0 Å². The monoisotopic (exact) mass is 294 g/mol. The molecule has 3 N–H and O–H groups in total. The average molecular weight is 294 g/mol. The molecule has 1 amide bonds.